The maximum atomic E-state index is 12.6. The van der Waals surface area contributed by atoms with Crippen LogP contribution in [0.4, 0.5) is 0 Å². The summed E-state index contributed by atoms with van der Waals surface area (Å²) in [5.41, 5.74) is 1.79. The first kappa shape index (κ1) is 18.8. The van der Waals surface area contributed by atoms with Crippen LogP contribution in [0.25, 0.3) is 0 Å². The molecule has 3 rings (SSSR count). The van der Waals surface area contributed by atoms with Crippen LogP contribution in [0, 0.1) is 0 Å². The van der Waals surface area contributed by atoms with Crippen molar-refractivity contribution >= 4 is 16.6 Å². The summed E-state index contributed by atoms with van der Waals surface area (Å²) in [5.74, 6) is 1.46. The highest BCUT2D eigenvalue weighted by molar-refractivity contribution is 7.85. The van der Waals surface area contributed by atoms with Crippen molar-refractivity contribution < 1.29 is 13.7 Å². The Bertz CT molecular complexity index is 778. The molecule has 1 heterocycles. The van der Waals surface area contributed by atoms with Crippen molar-refractivity contribution in [2.24, 2.45) is 0 Å². The van der Waals surface area contributed by atoms with Gasteiger partial charge in [-0.15, -0.1) is 0 Å². The molecule has 5 heteroatoms. The van der Waals surface area contributed by atoms with Crippen LogP contribution in [-0.2, 0) is 10.8 Å². The van der Waals surface area contributed by atoms with Gasteiger partial charge in [-0.1, -0.05) is 42.5 Å². The highest BCUT2D eigenvalue weighted by atomic mass is 32.2. The quantitative estimate of drug-likeness (QED) is 0.730. The smallest absolute Gasteiger partial charge is 0.164 e. The van der Waals surface area contributed by atoms with E-state index in [0.717, 1.165) is 12.1 Å². The number of nitrogens with zero attached hydrogens (tertiary/aromatic N) is 1. The number of carbonyl (C=O) groups is 1. The number of rotatable bonds is 6. The van der Waals surface area contributed by atoms with Gasteiger partial charge in [0.15, 0.2) is 5.78 Å². The molecule has 1 saturated heterocycles. The molecule has 0 bridgehead atoms. The molecule has 0 radical (unpaired) electrons. The molecule has 138 valence electrons. The average Bonchev–Trinajstić information content (AvgIpc) is 2.68. The van der Waals surface area contributed by atoms with E-state index >= 15 is 0 Å². The summed E-state index contributed by atoms with van der Waals surface area (Å²) in [6.07, 6.45) is 0.450. The molecule has 0 aromatic heterocycles. The molecule has 2 aromatic rings. The lowest BCUT2D eigenvalue weighted by atomic mass is 10.0. The van der Waals surface area contributed by atoms with Gasteiger partial charge in [-0.2, -0.15) is 0 Å². The van der Waals surface area contributed by atoms with Gasteiger partial charge in [0.05, 0.1) is 12.4 Å². The Morgan fingerprint density at radius 3 is 2.69 bits per heavy atom. The molecular formula is C21H25NO3S. The Morgan fingerprint density at radius 2 is 1.96 bits per heavy atom. The van der Waals surface area contributed by atoms with Gasteiger partial charge in [0.1, 0.15) is 5.75 Å². The Labute approximate surface area is 157 Å². The molecule has 0 amide bonds. The molecule has 4 nitrogen and oxygen atoms in total. The molecule has 2 aromatic carbocycles. The maximum Gasteiger partial charge on any atom is 0.164 e. The van der Waals surface area contributed by atoms with Crippen molar-refractivity contribution in [1.82, 2.24) is 4.90 Å². The zero-order chi connectivity index (χ0) is 18.5. The van der Waals surface area contributed by atoms with E-state index in [1.807, 2.05) is 48.5 Å². The first-order chi connectivity index (χ1) is 12.6. The summed E-state index contributed by atoms with van der Waals surface area (Å²) in [6.45, 7) is 3.56. The first-order valence-corrected chi connectivity index (χ1v) is 10.3. The zero-order valence-electron chi connectivity index (χ0n) is 15.3. The first-order valence-electron chi connectivity index (χ1n) is 8.93. The third-order valence-corrected chi connectivity index (χ3v) is 6.84. The summed E-state index contributed by atoms with van der Waals surface area (Å²) in [7, 11) is 0.723. The number of ketones is 1. The van der Waals surface area contributed by atoms with E-state index in [1.165, 1.54) is 0 Å². The molecule has 3 atom stereocenters. The minimum atomic E-state index is -0.878. The summed E-state index contributed by atoms with van der Waals surface area (Å²) in [5, 5.41) is -0.00290. The van der Waals surface area contributed by atoms with E-state index in [-0.39, 0.29) is 17.1 Å². The summed E-state index contributed by atoms with van der Waals surface area (Å²) in [6, 6.07) is 17.5. The van der Waals surface area contributed by atoms with Crippen LogP contribution in [0.15, 0.2) is 54.6 Å². The fourth-order valence-electron chi connectivity index (χ4n) is 3.52. The van der Waals surface area contributed by atoms with Crippen LogP contribution in [-0.4, -0.2) is 46.9 Å². The molecule has 1 aliphatic rings. The number of hydrogen-bond donors (Lipinski definition) is 0. The molecule has 0 aliphatic carbocycles. The largest absolute Gasteiger partial charge is 0.497 e. The lowest BCUT2D eigenvalue weighted by Crippen LogP contribution is -2.47. The predicted octanol–water partition coefficient (Wildman–Crippen LogP) is 3.46. The van der Waals surface area contributed by atoms with E-state index < -0.39 is 10.8 Å². The Kier molecular flexibility index (Phi) is 6.22. The van der Waals surface area contributed by atoms with E-state index in [4.69, 9.17) is 4.74 Å². The van der Waals surface area contributed by atoms with Gasteiger partial charge >= 0.3 is 0 Å². The number of hydrogen-bond acceptors (Lipinski definition) is 4. The van der Waals surface area contributed by atoms with Crippen molar-refractivity contribution in [2.45, 2.75) is 24.6 Å². The highest BCUT2D eigenvalue weighted by Crippen LogP contribution is 2.31. The van der Waals surface area contributed by atoms with Crippen molar-refractivity contribution in [3.63, 3.8) is 0 Å². The van der Waals surface area contributed by atoms with Gasteiger partial charge in [-0.05, 0) is 24.6 Å². The van der Waals surface area contributed by atoms with E-state index in [1.54, 1.807) is 13.2 Å². The molecule has 1 aliphatic heterocycles. The topological polar surface area (TPSA) is 46.6 Å². The minimum absolute atomic E-state index is 0.00290. The number of benzene rings is 2. The monoisotopic (exact) mass is 371 g/mol. The van der Waals surface area contributed by atoms with Crippen molar-refractivity contribution in [3.8, 4) is 5.75 Å². The van der Waals surface area contributed by atoms with Crippen LogP contribution in [0.5, 0.6) is 5.75 Å². The molecule has 0 spiro atoms. The third-order valence-electron chi connectivity index (χ3n) is 5.02. The molecule has 0 N–H and O–H groups in total. The van der Waals surface area contributed by atoms with Crippen LogP contribution < -0.4 is 4.74 Å². The molecule has 3 unspecified atom stereocenters. The van der Waals surface area contributed by atoms with Gasteiger partial charge in [0.2, 0.25) is 0 Å². The zero-order valence-corrected chi connectivity index (χ0v) is 16.1. The average molecular weight is 372 g/mol. The fraction of sp³-hybridized carbons (Fsp3) is 0.381. The second-order valence-electron chi connectivity index (χ2n) is 6.60. The Hall–Kier alpha value is -1.98. The number of carbonyl (C=O) groups excluding carboxylic acids is 1. The Morgan fingerprint density at radius 1 is 1.19 bits per heavy atom. The van der Waals surface area contributed by atoms with Gasteiger partial charge < -0.3 is 4.74 Å². The maximum absolute atomic E-state index is 12.6. The number of ether oxygens (including phenoxy) is 1. The molecular weight excluding hydrogens is 346 g/mol. The van der Waals surface area contributed by atoms with Crippen LogP contribution in [0.1, 0.15) is 34.5 Å². The lowest BCUT2D eigenvalue weighted by molar-refractivity contribution is 0.0952. The standard InChI is InChI=1S/C21H25NO3S/c1-16-21(17-7-4-3-5-8-17)26(24)14-13-22(16)12-11-20(23)18-9-6-10-19(15-18)25-2/h3-10,15-16,21H,11-14H2,1-2H3. The van der Waals surface area contributed by atoms with Crippen LogP contribution in [0.2, 0.25) is 0 Å². The SMILES string of the molecule is COc1cccc(C(=O)CCN2CCS(=O)C(c3ccccc3)C2C)c1. The molecule has 0 saturated carbocycles. The number of Topliss-reactive ketones (excluding diaryl/α,β-unsaturated/α-hetero) is 1. The molecule has 26 heavy (non-hydrogen) atoms. The second kappa shape index (κ2) is 8.60. The van der Waals surface area contributed by atoms with E-state index in [9.17, 15) is 9.00 Å². The van der Waals surface area contributed by atoms with Crippen LogP contribution >= 0.6 is 0 Å². The van der Waals surface area contributed by atoms with E-state index in [0.29, 0.717) is 30.0 Å². The van der Waals surface area contributed by atoms with Gasteiger partial charge in [-0.25, -0.2) is 0 Å². The van der Waals surface area contributed by atoms with Gasteiger partial charge in [0, 0.05) is 47.7 Å². The fourth-order valence-corrected chi connectivity index (χ4v) is 5.26. The van der Waals surface area contributed by atoms with Crippen molar-refractivity contribution in [3.05, 3.63) is 65.7 Å². The van der Waals surface area contributed by atoms with Crippen molar-refractivity contribution in [2.75, 3.05) is 26.0 Å². The number of methoxy groups -OCH3 is 1. The molecule has 1 fully saturated rings. The van der Waals surface area contributed by atoms with Crippen LogP contribution in [0.3, 0.4) is 0 Å². The van der Waals surface area contributed by atoms with Gasteiger partial charge in [-0.3, -0.25) is 13.9 Å². The third kappa shape index (κ3) is 4.22. The predicted molar refractivity (Wildman–Crippen MR) is 105 cm³/mol. The van der Waals surface area contributed by atoms with Crippen molar-refractivity contribution in [1.29, 1.82) is 0 Å². The lowest BCUT2D eigenvalue weighted by Gasteiger charge is -2.39. The normalized spacial score (nSPS) is 23.5. The summed E-state index contributed by atoms with van der Waals surface area (Å²) < 4.78 is 17.8. The van der Waals surface area contributed by atoms with Gasteiger partial charge in [0.25, 0.3) is 0 Å². The second-order valence-corrected chi connectivity index (χ2v) is 8.28. The summed E-state index contributed by atoms with van der Waals surface area (Å²) in [4.78, 5) is 14.8. The summed E-state index contributed by atoms with van der Waals surface area (Å²) >= 11 is 0. The minimum Gasteiger partial charge on any atom is -0.497 e. The Balaban J connectivity index is 1.66. The van der Waals surface area contributed by atoms with E-state index in [2.05, 4.69) is 11.8 Å². The highest BCUT2D eigenvalue weighted by Gasteiger charge is 2.34.